The molecular formula is C21H20ClN3O3. The maximum atomic E-state index is 12.9. The third-order valence-electron chi connectivity index (χ3n) is 5.36. The Labute approximate surface area is 167 Å². The zero-order valence-electron chi connectivity index (χ0n) is 15.3. The Bertz CT molecular complexity index is 969. The molecule has 1 saturated heterocycles. The van der Waals surface area contributed by atoms with E-state index >= 15 is 0 Å². The first-order valence-electron chi connectivity index (χ1n) is 9.17. The Kier molecular flexibility index (Phi) is 4.59. The zero-order chi connectivity index (χ0) is 19.9. The molecule has 4 amide bonds. The number of hydrogen-bond donors (Lipinski definition) is 3. The second kappa shape index (κ2) is 6.95. The fourth-order valence-electron chi connectivity index (χ4n) is 3.64. The number of amides is 4. The molecule has 4 rings (SSSR count). The van der Waals surface area contributed by atoms with Gasteiger partial charge in [-0.3, -0.25) is 14.9 Å². The molecule has 1 saturated carbocycles. The summed E-state index contributed by atoms with van der Waals surface area (Å²) in [6, 6.07) is 12.4. The molecule has 7 heteroatoms. The van der Waals surface area contributed by atoms with Crippen molar-refractivity contribution in [3.8, 4) is 11.1 Å². The Morgan fingerprint density at radius 3 is 2.50 bits per heavy atom. The van der Waals surface area contributed by atoms with Crippen molar-refractivity contribution in [1.29, 1.82) is 0 Å². The first kappa shape index (κ1) is 18.5. The summed E-state index contributed by atoms with van der Waals surface area (Å²) in [5.41, 5.74) is 2.10. The number of imide groups is 1. The van der Waals surface area contributed by atoms with E-state index in [2.05, 4.69) is 16.0 Å². The second-order valence-corrected chi connectivity index (χ2v) is 7.83. The van der Waals surface area contributed by atoms with E-state index in [4.69, 9.17) is 11.6 Å². The number of benzene rings is 2. The summed E-state index contributed by atoms with van der Waals surface area (Å²) < 4.78 is 0. The summed E-state index contributed by atoms with van der Waals surface area (Å²) in [4.78, 5) is 36.9. The molecule has 0 aromatic heterocycles. The number of aryl methyl sites for hydroxylation is 1. The first-order chi connectivity index (χ1) is 13.4. The van der Waals surface area contributed by atoms with Crippen molar-refractivity contribution in [1.82, 2.24) is 16.0 Å². The van der Waals surface area contributed by atoms with Crippen LogP contribution in [-0.4, -0.2) is 29.9 Å². The minimum Gasteiger partial charge on any atom is -0.349 e. The topological polar surface area (TPSA) is 87.3 Å². The molecule has 2 fully saturated rings. The van der Waals surface area contributed by atoms with Gasteiger partial charge in [-0.1, -0.05) is 41.4 Å². The molecule has 1 atom stereocenters. The van der Waals surface area contributed by atoms with Gasteiger partial charge in [0.15, 0.2) is 0 Å². The minimum atomic E-state index is -1.07. The molecule has 2 aromatic rings. The highest BCUT2D eigenvalue weighted by molar-refractivity contribution is 6.31. The molecule has 0 unspecified atom stereocenters. The van der Waals surface area contributed by atoms with Crippen molar-refractivity contribution >= 4 is 29.4 Å². The molecule has 3 N–H and O–H groups in total. The third kappa shape index (κ3) is 3.36. The van der Waals surface area contributed by atoms with Gasteiger partial charge in [-0.15, -0.1) is 0 Å². The van der Waals surface area contributed by atoms with Crippen molar-refractivity contribution in [2.75, 3.05) is 6.54 Å². The standard InChI is InChI=1S/C21H20ClN3O3/c1-12-2-4-13(5-3-12)17-10-15(22)8-9-16(17)18(26)23-11-21(14-6-7-14)19(27)24-20(28)25-21/h2-5,8-10,14H,6-7,11H2,1H3,(H,23,26)(H2,24,25,27,28)/t21-/m0/s1. The van der Waals surface area contributed by atoms with Crippen molar-refractivity contribution in [3.05, 3.63) is 58.6 Å². The lowest BCUT2D eigenvalue weighted by Gasteiger charge is -2.26. The molecule has 1 aliphatic heterocycles. The van der Waals surface area contributed by atoms with Gasteiger partial charge in [-0.25, -0.2) is 4.79 Å². The normalized spacial score (nSPS) is 21.2. The van der Waals surface area contributed by atoms with E-state index in [9.17, 15) is 14.4 Å². The molecular weight excluding hydrogens is 378 g/mol. The summed E-state index contributed by atoms with van der Waals surface area (Å²) in [5, 5.41) is 8.37. The fourth-order valence-corrected chi connectivity index (χ4v) is 3.81. The molecule has 0 spiro atoms. The zero-order valence-corrected chi connectivity index (χ0v) is 16.1. The highest BCUT2D eigenvalue weighted by atomic mass is 35.5. The van der Waals surface area contributed by atoms with Crippen LogP contribution in [0, 0.1) is 12.8 Å². The molecule has 144 valence electrons. The lowest BCUT2D eigenvalue weighted by atomic mass is 9.92. The average molecular weight is 398 g/mol. The SMILES string of the molecule is Cc1ccc(-c2cc(Cl)ccc2C(=O)NC[C@@]2(C3CC3)NC(=O)NC2=O)cc1. The number of carbonyl (C=O) groups is 3. The lowest BCUT2D eigenvalue weighted by Crippen LogP contribution is -2.57. The van der Waals surface area contributed by atoms with E-state index < -0.39 is 11.6 Å². The van der Waals surface area contributed by atoms with Gasteiger partial charge in [-0.05, 0) is 55.0 Å². The number of nitrogens with one attached hydrogen (secondary N) is 3. The number of hydrogen-bond acceptors (Lipinski definition) is 3. The minimum absolute atomic E-state index is 0.0426. The van der Waals surface area contributed by atoms with Crippen LogP contribution in [0.1, 0.15) is 28.8 Å². The maximum Gasteiger partial charge on any atom is 0.322 e. The molecule has 2 aromatic carbocycles. The maximum absolute atomic E-state index is 12.9. The van der Waals surface area contributed by atoms with E-state index in [1.54, 1.807) is 18.2 Å². The average Bonchev–Trinajstić information content (AvgIpc) is 3.47. The van der Waals surface area contributed by atoms with Crippen LogP contribution < -0.4 is 16.0 Å². The smallest absolute Gasteiger partial charge is 0.322 e. The summed E-state index contributed by atoms with van der Waals surface area (Å²) in [6.07, 6.45) is 1.69. The highest BCUT2D eigenvalue weighted by Gasteiger charge is 2.56. The van der Waals surface area contributed by atoms with Crippen LogP contribution in [0.3, 0.4) is 0 Å². The van der Waals surface area contributed by atoms with E-state index in [-0.39, 0.29) is 24.3 Å². The van der Waals surface area contributed by atoms with Crippen molar-refractivity contribution in [3.63, 3.8) is 0 Å². The molecule has 0 radical (unpaired) electrons. The number of halogens is 1. The quantitative estimate of drug-likeness (QED) is 0.678. The monoisotopic (exact) mass is 397 g/mol. The van der Waals surface area contributed by atoms with Crippen LogP contribution in [0.25, 0.3) is 11.1 Å². The first-order valence-corrected chi connectivity index (χ1v) is 9.55. The number of carbonyl (C=O) groups excluding carboxylic acids is 3. The summed E-state index contributed by atoms with van der Waals surface area (Å²) in [5.74, 6) is -0.655. The van der Waals surface area contributed by atoms with Crippen LogP contribution in [0.4, 0.5) is 4.79 Å². The molecule has 6 nitrogen and oxygen atoms in total. The van der Waals surface area contributed by atoms with E-state index in [0.29, 0.717) is 16.1 Å². The van der Waals surface area contributed by atoms with Gasteiger partial charge in [0.25, 0.3) is 11.8 Å². The van der Waals surface area contributed by atoms with Crippen LogP contribution in [0.2, 0.25) is 5.02 Å². The van der Waals surface area contributed by atoms with Crippen LogP contribution >= 0.6 is 11.6 Å². The summed E-state index contributed by atoms with van der Waals surface area (Å²) >= 11 is 6.16. The predicted molar refractivity (Wildman–Crippen MR) is 106 cm³/mol. The van der Waals surface area contributed by atoms with Gasteiger partial charge in [0, 0.05) is 10.6 Å². The Morgan fingerprint density at radius 2 is 1.89 bits per heavy atom. The van der Waals surface area contributed by atoms with Gasteiger partial charge in [0.05, 0.1) is 6.54 Å². The molecule has 1 aliphatic carbocycles. The van der Waals surface area contributed by atoms with Crippen LogP contribution in [-0.2, 0) is 4.79 Å². The van der Waals surface area contributed by atoms with Gasteiger partial charge in [0.2, 0.25) is 0 Å². The predicted octanol–water partition coefficient (Wildman–Crippen LogP) is 3.03. The van der Waals surface area contributed by atoms with Crippen LogP contribution in [0.5, 0.6) is 0 Å². The number of rotatable bonds is 5. The Morgan fingerprint density at radius 1 is 1.18 bits per heavy atom. The second-order valence-electron chi connectivity index (χ2n) is 7.39. The van der Waals surface area contributed by atoms with Crippen LogP contribution in [0.15, 0.2) is 42.5 Å². The van der Waals surface area contributed by atoms with Crippen molar-refractivity contribution in [2.24, 2.45) is 5.92 Å². The largest absolute Gasteiger partial charge is 0.349 e. The van der Waals surface area contributed by atoms with Gasteiger partial charge < -0.3 is 10.6 Å². The van der Waals surface area contributed by atoms with E-state index in [1.165, 1.54) is 0 Å². The van der Waals surface area contributed by atoms with Gasteiger partial charge in [-0.2, -0.15) is 0 Å². The Hall–Kier alpha value is -2.86. The summed E-state index contributed by atoms with van der Waals surface area (Å²) in [7, 11) is 0. The van der Waals surface area contributed by atoms with Gasteiger partial charge >= 0.3 is 6.03 Å². The molecule has 2 aliphatic rings. The van der Waals surface area contributed by atoms with Crippen molar-refractivity contribution in [2.45, 2.75) is 25.3 Å². The van der Waals surface area contributed by atoms with E-state index in [0.717, 1.165) is 24.0 Å². The molecule has 1 heterocycles. The Balaban J connectivity index is 1.59. The summed E-state index contributed by atoms with van der Waals surface area (Å²) in [6.45, 7) is 2.04. The van der Waals surface area contributed by atoms with Gasteiger partial charge in [0.1, 0.15) is 5.54 Å². The molecule has 28 heavy (non-hydrogen) atoms. The van der Waals surface area contributed by atoms with E-state index in [1.807, 2.05) is 31.2 Å². The molecule has 0 bridgehead atoms. The third-order valence-corrected chi connectivity index (χ3v) is 5.59. The number of urea groups is 1. The fraction of sp³-hybridized carbons (Fsp3) is 0.286. The van der Waals surface area contributed by atoms with Crippen molar-refractivity contribution < 1.29 is 14.4 Å². The lowest BCUT2D eigenvalue weighted by molar-refractivity contribution is -0.124. The highest BCUT2D eigenvalue weighted by Crippen LogP contribution is 2.41.